The number of imidazole rings is 1. The molecule has 2 N–H and O–H groups in total. The second-order valence-corrected chi connectivity index (χ2v) is 7.64. The zero-order chi connectivity index (χ0) is 20.4. The number of hydrogen-bond donors (Lipinski definition) is 2. The number of H-pyrrole nitrogens is 1. The number of nitrogens with one attached hydrogen (secondary N) is 2. The monoisotopic (exact) mass is 396 g/mol. The number of carbonyl (C=O) groups excluding carboxylic acids is 1. The molecule has 1 aliphatic heterocycles. The standard InChI is InChI=1S/C22H25FN4O2/c1-14-3-8-19-20(9-14)26-22(25-19)13-29-21-12-27(11-18(21)23)10-16-4-6-17(7-5-16)24-15(2)28/h3-9,18,21H,10-13H2,1-2H3,(H,24,28)(H,25,26). The van der Waals surface area contributed by atoms with E-state index in [2.05, 4.69) is 15.3 Å². The third-order valence-electron chi connectivity index (χ3n) is 5.08. The van der Waals surface area contributed by atoms with Gasteiger partial charge in [0.05, 0.1) is 11.0 Å². The molecule has 7 heteroatoms. The number of carbonyl (C=O) groups is 1. The number of aromatic nitrogens is 2. The molecule has 2 heterocycles. The van der Waals surface area contributed by atoms with Gasteiger partial charge < -0.3 is 15.0 Å². The molecule has 152 valence electrons. The first-order valence-electron chi connectivity index (χ1n) is 9.76. The zero-order valence-corrected chi connectivity index (χ0v) is 16.6. The van der Waals surface area contributed by atoms with Crippen LogP contribution in [0.2, 0.25) is 0 Å². The minimum atomic E-state index is -1.03. The summed E-state index contributed by atoms with van der Waals surface area (Å²) < 4.78 is 20.3. The lowest BCUT2D eigenvalue weighted by atomic mass is 10.2. The molecule has 1 aliphatic rings. The first kappa shape index (κ1) is 19.5. The van der Waals surface area contributed by atoms with Crippen LogP contribution < -0.4 is 5.32 Å². The Labute approximate surface area is 169 Å². The molecule has 2 atom stereocenters. The fourth-order valence-electron chi connectivity index (χ4n) is 3.68. The lowest BCUT2D eigenvalue weighted by Crippen LogP contribution is -2.24. The Kier molecular flexibility index (Phi) is 5.60. The molecule has 1 fully saturated rings. The fourth-order valence-corrected chi connectivity index (χ4v) is 3.68. The molecule has 2 unspecified atom stereocenters. The number of rotatable bonds is 6. The van der Waals surface area contributed by atoms with Crippen LogP contribution in [0.3, 0.4) is 0 Å². The highest BCUT2D eigenvalue weighted by Crippen LogP contribution is 2.21. The van der Waals surface area contributed by atoms with Crippen LogP contribution >= 0.6 is 0 Å². The molecule has 1 amide bonds. The number of hydrogen-bond acceptors (Lipinski definition) is 4. The Morgan fingerprint density at radius 3 is 2.83 bits per heavy atom. The lowest BCUT2D eigenvalue weighted by Gasteiger charge is -2.16. The second kappa shape index (κ2) is 8.31. The van der Waals surface area contributed by atoms with Gasteiger partial charge in [-0.3, -0.25) is 9.69 Å². The Bertz CT molecular complexity index is 1000. The number of aromatic amines is 1. The van der Waals surface area contributed by atoms with E-state index in [1.54, 1.807) is 0 Å². The van der Waals surface area contributed by atoms with Crippen molar-refractivity contribution < 1.29 is 13.9 Å². The maximum absolute atomic E-state index is 14.5. The van der Waals surface area contributed by atoms with Crippen molar-refractivity contribution in [1.82, 2.24) is 14.9 Å². The third kappa shape index (κ3) is 4.81. The number of ether oxygens (including phenoxy) is 1. The summed E-state index contributed by atoms with van der Waals surface area (Å²) in [6.07, 6.45) is -1.50. The summed E-state index contributed by atoms with van der Waals surface area (Å²) in [5, 5.41) is 2.74. The maximum atomic E-state index is 14.5. The number of nitrogens with zero attached hydrogens (tertiary/aromatic N) is 2. The molecular formula is C22H25FN4O2. The minimum Gasteiger partial charge on any atom is -0.366 e. The largest absolute Gasteiger partial charge is 0.366 e. The van der Waals surface area contributed by atoms with Crippen LogP contribution in [0.4, 0.5) is 10.1 Å². The number of fused-ring (bicyclic) bond motifs is 1. The van der Waals surface area contributed by atoms with Gasteiger partial charge >= 0.3 is 0 Å². The second-order valence-electron chi connectivity index (χ2n) is 7.64. The zero-order valence-electron chi connectivity index (χ0n) is 16.6. The van der Waals surface area contributed by atoms with Gasteiger partial charge in [-0.05, 0) is 42.3 Å². The van der Waals surface area contributed by atoms with Gasteiger partial charge in [0.1, 0.15) is 24.7 Å². The van der Waals surface area contributed by atoms with Gasteiger partial charge in [-0.1, -0.05) is 18.2 Å². The van der Waals surface area contributed by atoms with Gasteiger partial charge in [-0.2, -0.15) is 0 Å². The summed E-state index contributed by atoms with van der Waals surface area (Å²) in [4.78, 5) is 20.9. The Hall–Kier alpha value is -2.77. The van der Waals surface area contributed by atoms with Crippen molar-refractivity contribution in [3.63, 3.8) is 0 Å². The maximum Gasteiger partial charge on any atom is 0.221 e. The van der Waals surface area contributed by atoms with Gasteiger partial charge in [-0.25, -0.2) is 9.37 Å². The van der Waals surface area contributed by atoms with Crippen molar-refractivity contribution in [3.8, 4) is 0 Å². The summed E-state index contributed by atoms with van der Waals surface area (Å²) in [5.41, 5.74) is 4.85. The SMILES string of the molecule is CC(=O)Nc1ccc(CN2CC(F)C(OCc3nc4ccc(C)cc4[nH]3)C2)cc1. The first-order chi connectivity index (χ1) is 14.0. The third-order valence-corrected chi connectivity index (χ3v) is 5.08. The molecule has 29 heavy (non-hydrogen) atoms. The smallest absolute Gasteiger partial charge is 0.221 e. The predicted octanol–water partition coefficient (Wildman–Crippen LogP) is 3.57. The van der Waals surface area contributed by atoms with E-state index >= 15 is 0 Å². The predicted molar refractivity (Wildman–Crippen MR) is 110 cm³/mol. The molecule has 1 aromatic heterocycles. The van der Waals surface area contributed by atoms with E-state index in [4.69, 9.17) is 4.74 Å². The van der Waals surface area contributed by atoms with E-state index in [1.165, 1.54) is 6.92 Å². The van der Waals surface area contributed by atoms with E-state index in [0.717, 1.165) is 27.8 Å². The van der Waals surface area contributed by atoms with Crippen molar-refractivity contribution in [2.45, 2.75) is 39.3 Å². The molecule has 4 rings (SSSR count). The van der Waals surface area contributed by atoms with E-state index in [0.29, 0.717) is 25.5 Å². The summed E-state index contributed by atoms with van der Waals surface area (Å²) in [7, 11) is 0. The average molecular weight is 396 g/mol. The van der Waals surface area contributed by atoms with Crippen molar-refractivity contribution in [2.24, 2.45) is 0 Å². The highest BCUT2D eigenvalue weighted by atomic mass is 19.1. The van der Waals surface area contributed by atoms with Crippen LogP contribution in [0.5, 0.6) is 0 Å². The van der Waals surface area contributed by atoms with Crippen molar-refractivity contribution in [1.29, 1.82) is 0 Å². The molecule has 0 saturated carbocycles. The Morgan fingerprint density at radius 2 is 2.07 bits per heavy atom. The average Bonchev–Trinajstić information content (AvgIpc) is 3.23. The summed E-state index contributed by atoms with van der Waals surface area (Å²) in [6.45, 7) is 5.30. The molecule has 2 aromatic carbocycles. The van der Waals surface area contributed by atoms with Gasteiger partial charge in [-0.15, -0.1) is 0 Å². The van der Waals surface area contributed by atoms with Gasteiger partial charge in [0.2, 0.25) is 5.91 Å². The van der Waals surface area contributed by atoms with Crippen molar-refractivity contribution >= 4 is 22.6 Å². The van der Waals surface area contributed by atoms with Crippen LogP contribution in [0, 0.1) is 6.92 Å². The van der Waals surface area contributed by atoms with Gasteiger partial charge in [0.15, 0.2) is 0 Å². The number of alkyl halides is 1. The normalized spacial score (nSPS) is 19.7. The quantitative estimate of drug-likeness (QED) is 0.668. The number of anilines is 1. The molecular weight excluding hydrogens is 371 g/mol. The Morgan fingerprint density at radius 1 is 1.28 bits per heavy atom. The van der Waals surface area contributed by atoms with Crippen LogP contribution in [0.15, 0.2) is 42.5 Å². The Balaban J connectivity index is 1.31. The van der Waals surface area contributed by atoms with E-state index in [-0.39, 0.29) is 12.5 Å². The first-order valence-corrected chi connectivity index (χ1v) is 9.76. The summed E-state index contributed by atoms with van der Waals surface area (Å²) >= 11 is 0. The number of benzene rings is 2. The highest BCUT2D eigenvalue weighted by molar-refractivity contribution is 5.88. The van der Waals surface area contributed by atoms with Crippen molar-refractivity contribution in [2.75, 3.05) is 18.4 Å². The summed E-state index contributed by atoms with van der Waals surface area (Å²) in [5.74, 6) is 0.613. The number of amides is 1. The van der Waals surface area contributed by atoms with Crippen LogP contribution in [0.25, 0.3) is 11.0 Å². The topological polar surface area (TPSA) is 70.2 Å². The molecule has 0 bridgehead atoms. The molecule has 6 nitrogen and oxygen atoms in total. The van der Waals surface area contributed by atoms with Crippen LogP contribution in [0.1, 0.15) is 23.9 Å². The van der Waals surface area contributed by atoms with Crippen molar-refractivity contribution in [3.05, 3.63) is 59.4 Å². The van der Waals surface area contributed by atoms with Gasteiger partial charge in [0, 0.05) is 32.2 Å². The van der Waals surface area contributed by atoms with Gasteiger partial charge in [0.25, 0.3) is 0 Å². The molecule has 1 saturated heterocycles. The molecule has 0 spiro atoms. The highest BCUT2D eigenvalue weighted by Gasteiger charge is 2.33. The number of likely N-dealkylation sites (tertiary alicyclic amines) is 1. The fraction of sp³-hybridized carbons (Fsp3) is 0.364. The summed E-state index contributed by atoms with van der Waals surface area (Å²) in [6, 6.07) is 13.6. The van der Waals surface area contributed by atoms with E-state index in [1.807, 2.05) is 54.3 Å². The van der Waals surface area contributed by atoms with E-state index < -0.39 is 12.3 Å². The lowest BCUT2D eigenvalue weighted by molar-refractivity contribution is -0.114. The van der Waals surface area contributed by atoms with Crippen LogP contribution in [-0.2, 0) is 22.7 Å². The van der Waals surface area contributed by atoms with E-state index in [9.17, 15) is 9.18 Å². The number of aryl methyl sites for hydroxylation is 1. The number of halogens is 1. The minimum absolute atomic E-state index is 0.0999. The molecule has 0 radical (unpaired) electrons. The molecule has 3 aromatic rings. The molecule has 0 aliphatic carbocycles. The van der Waals surface area contributed by atoms with Crippen LogP contribution in [-0.4, -0.2) is 46.1 Å².